The summed E-state index contributed by atoms with van der Waals surface area (Å²) in [4.78, 5) is 0. The topological polar surface area (TPSA) is 24.7 Å². The number of halogens is 4. The van der Waals surface area contributed by atoms with Crippen molar-refractivity contribution in [2.24, 2.45) is 10.2 Å². The maximum absolute atomic E-state index is 13.7. The lowest BCUT2D eigenvalue weighted by Crippen LogP contribution is -1.86. The molecule has 2 aromatic rings. The smallest absolute Gasteiger partial charge is 0.167 e. The molecule has 6 heteroatoms. The monoisotopic (exact) mass is 374 g/mol. The normalized spacial score (nSPS) is 11.1. The highest BCUT2D eigenvalue weighted by atomic mass is 79.9. The Morgan fingerprint density at radius 2 is 1.39 bits per heavy atom. The molecule has 0 aromatic heterocycles. The van der Waals surface area contributed by atoms with Crippen LogP contribution in [0.25, 0.3) is 0 Å². The van der Waals surface area contributed by atoms with Gasteiger partial charge in [-0.15, -0.1) is 5.11 Å². The summed E-state index contributed by atoms with van der Waals surface area (Å²) >= 11 is 5.97. The van der Waals surface area contributed by atoms with E-state index in [1.54, 1.807) is 24.3 Å². The van der Waals surface area contributed by atoms with Crippen LogP contribution in [0.3, 0.4) is 0 Å². The van der Waals surface area contributed by atoms with Gasteiger partial charge in [-0.2, -0.15) is 5.11 Å². The highest BCUT2D eigenvalue weighted by molar-refractivity contribution is 9.11. The van der Waals surface area contributed by atoms with E-state index in [1.807, 2.05) is 6.07 Å². The molecule has 0 fully saturated rings. The Hall–Kier alpha value is -1.14. The number of hydrogen-bond donors (Lipinski definition) is 0. The number of nitrogens with zero attached hydrogens (tertiary/aromatic N) is 2. The first kappa shape index (κ1) is 13.3. The minimum absolute atomic E-state index is 0.123. The number of azo groups is 1. The number of rotatable bonds is 2. The summed E-state index contributed by atoms with van der Waals surface area (Å²) < 4.78 is 27.6. The van der Waals surface area contributed by atoms with Gasteiger partial charge < -0.3 is 0 Å². The van der Waals surface area contributed by atoms with E-state index in [0.717, 1.165) is 0 Å². The first-order valence-corrected chi connectivity index (χ1v) is 6.48. The van der Waals surface area contributed by atoms with Crippen molar-refractivity contribution in [3.8, 4) is 0 Å². The molecule has 0 aliphatic rings. The van der Waals surface area contributed by atoms with Gasteiger partial charge in [-0.1, -0.05) is 18.2 Å². The van der Waals surface area contributed by atoms with E-state index in [1.165, 1.54) is 6.07 Å². The first-order chi connectivity index (χ1) is 8.59. The molecule has 0 unspecified atom stereocenters. The Bertz CT molecular complexity index is 575. The number of benzene rings is 2. The van der Waals surface area contributed by atoms with Crippen molar-refractivity contribution in [3.63, 3.8) is 0 Å². The highest BCUT2D eigenvalue weighted by Crippen LogP contribution is 2.34. The van der Waals surface area contributed by atoms with Gasteiger partial charge in [0.2, 0.25) is 0 Å². The van der Waals surface area contributed by atoms with Gasteiger partial charge in [0, 0.05) is 0 Å². The van der Waals surface area contributed by atoms with Gasteiger partial charge in [0.25, 0.3) is 0 Å². The van der Waals surface area contributed by atoms with E-state index in [9.17, 15) is 8.78 Å². The largest absolute Gasteiger partial charge is 0.203 e. The maximum Gasteiger partial charge on any atom is 0.167 e. The van der Waals surface area contributed by atoms with Crippen molar-refractivity contribution >= 4 is 43.2 Å². The van der Waals surface area contributed by atoms with Crippen molar-refractivity contribution in [2.75, 3.05) is 0 Å². The molecule has 2 nitrogen and oxygen atoms in total. The van der Waals surface area contributed by atoms with E-state index in [0.29, 0.717) is 5.69 Å². The van der Waals surface area contributed by atoms with Crippen LogP contribution in [0.4, 0.5) is 20.2 Å². The summed E-state index contributed by atoms with van der Waals surface area (Å²) in [5, 5.41) is 7.40. The molecule has 0 amide bonds. The van der Waals surface area contributed by atoms with Gasteiger partial charge >= 0.3 is 0 Å². The van der Waals surface area contributed by atoms with E-state index >= 15 is 0 Å². The van der Waals surface area contributed by atoms with Crippen LogP contribution in [0.15, 0.2) is 55.6 Å². The molecule has 0 saturated carbocycles. The Labute approximate surface area is 119 Å². The fourth-order valence-corrected chi connectivity index (χ4v) is 2.39. The minimum Gasteiger partial charge on any atom is -0.203 e. The van der Waals surface area contributed by atoms with Crippen molar-refractivity contribution in [3.05, 3.63) is 57.0 Å². The summed E-state index contributed by atoms with van der Waals surface area (Å²) in [5.41, 5.74) is 0.0903. The molecular weight excluding hydrogens is 370 g/mol. The second-order valence-corrected chi connectivity index (χ2v) is 5.06. The van der Waals surface area contributed by atoms with Crippen LogP contribution in [0, 0.1) is 11.6 Å². The van der Waals surface area contributed by atoms with Gasteiger partial charge in [0.1, 0.15) is 0 Å². The summed E-state index contributed by atoms with van der Waals surface area (Å²) in [6, 6.07) is 10.00. The lowest BCUT2D eigenvalue weighted by molar-refractivity contribution is 0.577. The molecule has 0 N–H and O–H groups in total. The molecule has 92 valence electrons. The summed E-state index contributed by atoms with van der Waals surface area (Å²) in [5.74, 6) is -1.56. The molecule has 0 aliphatic heterocycles. The Kier molecular flexibility index (Phi) is 4.19. The van der Waals surface area contributed by atoms with Crippen molar-refractivity contribution in [1.29, 1.82) is 0 Å². The van der Waals surface area contributed by atoms with Crippen LogP contribution in [0.1, 0.15) is 0 Å². The molecule has 2 aromatic carbocycles. The molecular formula is C12H6Br2F2N2. The summed E-state index contributed by atoms with van der Waals surface area (Å²) in [6.45, 7) is 0. The summed E-state index contributed by atoms with van der Waals surface area (Å²) in [7, 11) is 0. The molecule has 18 heavy (non-hydrogen) atoms. The zero-order valence-electron chi connectivity index (χ0n) is 8.87. The molecule has 0 bridgehead atoms. The van der Waals surface area contributed by atoms with E-state index in [4.69, 9.17) is 0 Å². The predicted molar refractivity (Wildman–Crippen MR) is 72.4 cm³/mol. The van der Waals surface area contributed by atoms with Gasteiger partial charge in [-0.05, 0) is 50.1 Å². The molecule has 2 rings (SSSR count). The molecule has 0 spiro atoms. The average molecular weight is 376 g/mol. The SMILES string of the molecule is Fc1c(Br)cc(Br)c(F)c1N=Nc1ccccc1. The third-order valence-corrected chi connectivity index (χ3v) is 3.26. The van der Waals surface area contributed by atoms with E-state index in [2.05, 4.69) is 42.1 Å². The van der Waals surface area contributed by atoms with Crippen LogP contribution >= 0.6 is 31.9 Å². The van der Waals surface area contributed by atoms with Gasteiger partial charge in [0.15, 0.2) is 17.3 Å². The average Bonchev–Trinajstić information content (AvgIpc) is 2.38. The second-order valence-electron chi connectivity index (χ2n) is 3.35. The molecule has 0 heterocycles. The van der Waals surface area contributed by atoms with Crippen LogP contribution in [0.5, 0.6) is 0 Å². The third-order valence-electron chi connectivity index (χ3n) is 2.11. The van der Waals surface area contributed by atoms with Gasteiger partial charge in [-0.25, -0.2) is 8.78 Å². The maximum atomic E-state index is 13.7. The highest BCUT2D eigenvalue weighted by Gasteiger charge is 2.16. The fourth-order valence-electron chi connectivity index (χ4n) is 1.25. The van der Waals surface area contributed by atoms with Crippen LogP contribution in [0.2, 0.25) is 0 Å². The zero-order chi connectivity index (χ0) is 13.1. The standard InChI is InChI=1S/C12H6Br2F2N2/c13-8-6-9(14)11(16)12(10(8)15)18-17-7-4-2-1-3-5-7/h1-6H. The van der Waals surface area contributed by atoms with Crippen molar-refractivity contribution < 1.29 is 8.78 Å². The second kappa shape index (κ2) is 5.67. The predicted octanol–water partition coefficient (Wildman–Crippen LogP) is 5.91. The minimum atomic E-state index is -0.782. The molecule has 0 radical (unpaired) electrons. The number of hydrogen-bond acceptors (Lipinski definition) is 2. The van der Waals surface area contributed by atoms with E-state index < -0.39 is 17.3 Å². The van der Waals surface area contributed by atoms with Crippen molar-refractivity contribution in [1.82, 2.24) is 0 Å². The lowest BCUT2D eigenvalue weighted by Gasteiger charge is -2.02. The molecule has 0 atom stereocenters. The Morgan fingerprint density at radius 1 is 0.833 bits per heavy atom. The third kappa shape index (κ3) is 2.81. The Balaban J connectivity index is 2.44. The van der Waals surface area contributed by atoms with Crippen molar-refractivity contribution in [2.45, 2.75) is 0 Å². The molecule has 0 aliphatic carbocycles. The molecule has 0 saturated heterocycles. The van der Waals surface area contributed by atoms with Crippen LogP contribution < -0.4 is 0 Å². The quantitative estimate of drug-likeness (QED) is 0.460. The summed E-state index contributed by atoms with van der Waals surface area (Å²) in [6.07, 6.45) is 0. The lowest BCUT2D eigenvalue weighted by atomic mass is 10.3. The Morgan fingerprint density at radius 3 is 1.94 bits per heavy atom. The van der Waals surface area contributed by atoms with Crippen LogP contribution in [-0.4, -0.2) is 0 Å². The van der Waals surface area contributed by atoms with Crippen LogP contribution in [-0.2, 0) is 0 Å². The first-order valence-electron chi connectivity index (χ1n) is 4.89. The van der Waals surface area contributed by atoms with Gasteiger partial charge in [0.05, 0.1) is 14.6 Å². The van der Waals surface area contributed by atoms with E-state index in [-0.39, 0.29) is 8.95 Å². The fraction of sp³-hybridized carbons (Fsp3) is 0. The zero-order valence-corrected chi connectivity index (χ0v) is 12.0. The van der Waals surface area contributed by atoms with Gasteiger partial charge in [-0.3, -0.25) is 0 Å².